The van der Waals surface area contributed by atoms with Crippen LogP contribution in [0.2, 0.25) is 0 Å². The lowest BCUT2D eigenvalue weighted by Crippen LogP contribution is -1.94. The summed E-state index contributed by atoms with van der Waals surface area (Å²) in [6.07, 6.45) is 0. The molecule has 2 nitrogen and oxygen atoms in total. The first kappa shape index (κ1) is 14.1. The highest BCUT2D eigenvalue weighted by atomic mass is 79.9. The normalized spacial score (nSPS) is 10.2. The maximum absolute atomic E-state index is 9.21. The summed E-state index contributed by atoms with van der Waals surface area (Å²) in [6, 6.07) is 12.4. The molecule has 0 saturated heterocycles. The molecular weight excluding hydrogens is 320 g/mol. The fourth-order valence-corrected chi connectivity index (χ4v) is 3.09. The molecule has 0 spiro atoms. The van der Waals surface area contributed by atoms with Gasteiger partial charge in [0.15, 0.2) is 0 Å². The number of pyridine rings is 1. The molecule has 1 heterocycles. The topological polar surface area (TPSA) is 36.7 Å². The molecule has 0 fully saturated rings. The largest absolute Gasteiger partial charge is 0.245 e. The molecule has 0 aliphatic carbocycles. The number of hydrogen-bond acceptors (Lipinski definition) is 3. The van der Waals surface area contributed by atoms with Crippen molar-refractivity contribution in [2.24, 2.45) is 0 Å². The van der Waals surface area contributed by atoms with Gasteiger partial charge in [-0.15, -0.1) is 11.8 Å². The Labute approximate surface area is 126 Å². The van der Waals surface area contributed by atoms with E-state index in [1.54, 1.807) is 11.8 Å². The van der Waals surface area contributed by atoms with Crippen molar-refractivity contribution < 1.29 is 0 Å². The van der Waals surface area contributed by atoms with Crippen molar-refractivity contribution in [3.8, 4) is 6.07 Å². The van der Waals surface area contributed by atoms with Gasteiger partial charge in [0.2, 0.25) is 0 Å². The molecule has 0 saturated carbocycles. The molecule has 96 valence electrons. The number of benzene rings is 1. The van der Waals surface area contributed by atoms with Gasteiger partial charge in [0.05, 0.1) is 5.56 Å². The van der Waals surface area contributed by atoms with Gasteiger partial charge in [-0.1, -0.05) is 28.1 Å². The number of aromatic nitrogens is 1. The van der Waals surface area contributed by atoms with E-state index in [2.05, 4.69) is 39.1 Å². The van der Waals surface area contributed by atoms with Crippen molar-refractivity contribution in [1.29, 1.82) is 5.26 Å². The van der Waals surface area contributed by atoms with Crippen LogP contribution in [0.15, 0.2) is 39.8 Å². The second-order valence-electron chi connectivity index (χ2n) is 4.29. The number of rotatable bonds is 3. The molecule has 2 aromatic rings. The predicted molar refractivity (Wildman–Crippen MR) is 82.1 cm³/mol. The fourth-order valence-electron chi connectivity index (χ4n) is 1.78. The summed E-state index contributed by atoms with van der Waals surface area (Å²) >= 11 is 5.03. The molecule has 0 bridgehead atoms. The zero-order valence-electron chi connectivity index (χ0n) is 10.8. The molecule has 0 unspecified atom stereocenters. The molecule has 0 radical (unpaired) electrons. The van der Waals surface area contributed by atoms with Gasteiger partial charge in [-0.3, -0.25) is 0 Å². The Bertz CT molecular complexity index is 630. The molecule has 0 aliphatic rings. The third-order valence-corrected chi connectivity index (χ3v) is 4.29. The maximum Gasteiger partial charge on any atom is 0.115 e. The highest BCUT2D eigenvalue weighted by molar-refractivity contribution is 9.10. The highest BCUT2D eigenvalue weighted by Gasteiger charge is 2.09. The molecule has 1 aromatic carbocycles. The summed E-state index contributed by atoms with van der Waals surface area (Å²) in [5.74, 6) is 0.817. The van der Waals surface area contributed by atoms with Crippen molar-refractivity contribution >= 4 is 27.7 Å². The van der Waals surface area contributed by atoms with Gasteiger partial charge in [-0.25, -0.2) is 4.98 Å². The van der Waals surface area contributed by atoms with Crippen LogP contribution in [0.25, 0.3) is 0 Å². The average Bonchev–Trinajstić information content (AvgIpc) is 2.37. The van der Waals surface area contributed by atoms with Gasteiger partial charge in [0.1, 0.15) is 11.1 Å². The quantitative estimate of drug-likeness (QED) is 0.769. The minimum atomic E-state index is 0.688. The van der Waals surface area contributed by atoms with Crippen LogP contribution >= 0.6 is 27.7 Å². The first-order valence-electron chi connectivity index (χ1n) is 5.85. The van der Waals surface area contributed by atoms with Crippen molar-refractivity contribution in [2.75, 3.05) is 0 Å². The van der Waals surface area contributed by atoms with E-state index in [-0.39, 0.29) is 0 Å². The Morgan fingerprint density at radius 2 is 1.95 bits per heavy atom. The van der Waals surface area contributed by atoms with Gasteiger partial charge < -0.3 is 0 Å². The Balaban J connectivity index is 2.20. The predicted octanol–water partition coefficient (Wildman–Crippen LogP) is 4.62. The minimum Gasteiger partial charge on any atom is -0.245 e. The van der Waals surface area contributed by atoms with Crippen molar-refractivity contribution in [3.63, 3.8) is 0 Å². The van der Waals surface area contributed by atoms with Crippen molar-refractivity contribution in [3.05, 3.63) is 57.2 Å². The number of thioether (sulfide) groups is 1. The summed E-state index contributed by atoms with van der Waals surface area (Å²) in [6.45, 7) is 3.91. The van der Waals surface area contributed by atoms with Crippen molar-refractivity contribution in [1.82, 2.24) is 4.98 Å². The maximum atomic E-state index is 9.21. The second kappa shape index (κ2) is 6.23. The lowest BCUT2D eigenvalue weighted by Gasteiger charge is -2.07. The third-order valence-electron chi connectivity index (χ3n) is 2.71. The van der Waals surface area contributed by atoms with Crippen LogP contribution < -0.4 is 0 Å². The van der Waals surface area contributed by atoms with E-state index >= 15 is 0 Å². The van der Waals surface area contributed by atoms with Crippen LogP contribution in [0.4, 0.5) is 0 Å². The third kappa shape index (κ3) is 3.59. The Morgan fingerprint density at radius 3 is 2.58 bits per heavy atom. The number of aryl methyl sites for hydroxylation is 2. The molecule has 0 atom stereocenters. The molecule has 19 heavy (non-hydrogen) atoms. The molecule has 4 heteroatoms. The Morgan fingerprint density at radius 1 is 1.26 bits per heavy atom. The van der Waals surface area contributed by atoms with Crippen LogP contribution in [0, 0.1) is 25.2 Å². The zero-order valence-corrected chi connectivity index (χ0v) is 13.2. The van der Waals surface area contributed by atoms with Gasteiger partial charge in [-0.05, 0) is 43.2 Å². The van der Waals surface area contributed by atoms with E-state index in [1.807, 2.05) is 32.0 Å². The minimum absolute atomic E-state index is 0.688. The Hall–Kier alpha value is -1.31. The average molecular weight is 333 g/mol. The number of nitrogens with zero attached hydrogens (tertiary/aromatic N) is 2. The van der Waals surface area contributed by atoms with E-state index in [0.29, 0.717) is 5.56 Å². The van der Waals surface area contributed by atoms with E-state index in [0.717, 1.165) is 26.5 Å². The summed E-state index contributed by atoms with van der Waals surface area (Å²) in [5.41, 5.74) is 3.86. The SMILES string of the molecule is Cc1cc(C)c(C#N)c(SCc2ccc(Br)cc2)n1. The standard InChI is InChI=1S/C15H13BrN2S/c1-10-7-11(2)18-15(14(10)8-17)19-9-12-3-5-13(16)6-4-12/h3-7H,9H2,1-2H3. The molecule has 0 amide bonds. The zero-order chi connectivity index (χ0) is 13.8. The molecule has 0 aliphatic heterocycles. The van der Waals surface area contributed by atoms with Gasteiger partial charge in [0, 0.05) is 15.9 Å². The van der Waals surface area contributed by atoms with E-state index in [4.69, 9.17) is 0 Å². The summed E-state index contributed by atoms with van der Waals surface area (Å²) in [4.78, 5) is 4.47. The van der Waals surface area contributed by atoms with Crippen molar-refractivity contribution in [2.45, 2.75) is 24.6 Å². The lowest BCUT2D eigenvalue weighted by atomic mass is 10.1. The van der Waals surface area contributed by atoms with Crippen LogP contribution in [-0.2, 0) is 5.75 Å². The molecule has 2 rings (SSSR count). The molecule has 1 aromatic heterocycles. The monoisotopic (exact) mass is 332 g/mol. The van der Waals surface area contributed by atoms with E-state index < -0.39 is 0 Å². The number of hydrogen-bond donors (Lipinski definition) is 0. The lowest BCUT2D eigenvalue weighted by molar-refractivity contribution is 1.03. The highest BCUT2D eigenvalue weighted by Crippen LogP contribution is 2.27. The second-order valence-corrected chi connectivity index (χ2v) is 6.17. The summed E-state index contributed by atoms with van der Waals surface area (Å²) < 4.78 is 1.07. The van der Waals surface area contributed by atoms with Gasteiger partial charge >= 0.3 is 0 Å². The first-order valence-corrected chi connectivity index (χ1v) is 7.63. The smallest absolute Gasteiger partial charge is 0.115 e. The van der Waals surface area contributed by atoms with Gasteiger partial charge in [0.25, 0.3) is 0 Å². The first-order chi connectivity index (χ1) is 9.10. The Kier molecular flexibility index (Phi) is 4.62. The van der Waals surface area contributed by atoms with Crippen LogP contribution in [0.5, 0.6) is 0 Å². The van der Waals surface area contributed by atoms with Crippen LogP contribution in [0.1, 0.15) is 22.4 Å². The van der Waals surface area contributed by atoms with E-state index in [9.17, 15) is 5.26 Å². The van der Waals surface area contributed by atoms with Gasteiger partial charge in [-0.2, -0.15) is 5.26 Å². The summed E-state index contributed by atoms with van der Waals surface area (Å²) in [7, 11) is 0. The molecular formula is C15H13BrN2S. The van der Waals surface area contributed by atoms with E-state index in [1.165, 1.54) is 5.56 Å². The summed E-state index contributed by atoms with van der Waals surface area (Å²) in [5, 5.41) is 10.0. The van der Waals surface area contributed by atoms with Crippen LogP contribution in [0.3, 0.4) is 0 Å². The fraction of sp³-hybridized carbons (Fsp3) is 0.200. The molecule has 0 N–H and O–H groups in total. The number of halogens is 1. The number of nitriles is 1. The van der Waals surface area contributed by atoms with Crippen LogP contribution in [-0.4, -0.2) is 4.98 Å².